The summed E-state index contributed by atoms with van der Waals surface area (Å²) in [7, 11) is 1.65. The summed E-state index contributed by atoms with van der Waals surface area (Å²) in [6.45, 7) is 9.63. The van der Waals surface area contributed by atoms with Crippen molar-refractivity contribution in [2.24, 2.45) is 0 Å². The molecule has 0 atom stereocenters. The van der Waals surface area contributed by atoms with E-state index in [4.69, 9.17) is 18.9 Å². The fraction of sp³-hybridized carbons (Fsp3) is 0.833. The zero-order valence-electron chi connectivity index (χ0n) is 10.8. The van der Waals surface area contributed by atoms with Gasteiger partial charge in [0.1, 0.15) is 0 Å². The van der Waals surface area contributed by atoms with Gasteiger partial charge in [0.15, 0.2) is 0 Å². The number of hydrogen-bond acceptors (Lipinski definition) is 5. The fourth-order valence-corrected chi connectivity index (χ4v) is 1.03. The molecular formula is C12H25NO4. The molecule has 0 bridgehead atoms. The number of nitrogens with one attached hydrogen (secondary N) is 1. The molecule has 5 nitrogen and oxygen atoms in total. The zero-order valence-corrected chi connectivity index (χ0v) is 10.8. The highest BCUT2D eigenvalue weighted by Gasteiger charge is 1.91. The molecule has 0 aromatic rings. The van der Waals surface area contributed by atoms with Crippen molar-refractivity contribution in [2.45, 2.75) is 0 Å². The predicted octanol–water partition coefficient (Wildman–Crippen LogP) is 0.458. The van der Waals surface area contributed by atoms with Gasteiger partial charge in [-0.3, -0.25) is 0 Å². The number of ether oxygens (including phenoxy) is 4. The van der Waals surface area contributed by atoms with E-state index < -0.39 is 0 Å². The Hall–Kier alpha value is -0.460. The first-order valence-corrected chi connectivity index (χ1v) is 5.95. The Balaban J connectivity index is 2.87. The molecule has 0 rings (SSSR count). The van der Waals surface area contributed by atoms with E-state index in [1.807, 2.05) is 6.08 Å². The van der Waals surface area contributed by atoms with E-state index in [2.05, 4.69) is 11.9 Å². The van der Waals surface area contributed by atoms with Crippen molar-refractivity contribution in [2.75, 3.05) is 66.4 Å². The molecule has 0 saturated heterocycles. The molecule has 0 saturated carbocycles. The highest BCUT2D eigenvalue weighted by Crippen LogP contribution is 1.81. The maximum atomic E-state index is 5.34. The van der Waals surface area contributed by atoms with Crippen LogP contribution < -0.4 is 5.32 Å². The van der Waals surface area contributed by atoms with Crippen molar-refractivity contribution in [1.29, 1.82) is 0 Å². The van der Waals surface area contributed by atoms with Crippen molar-refractivity contribution in [3.8, 4) is 0 Å². The maximum absolute atomic E-state index is 5.34. The van der Waals surface area contributed by atoms with Gasteiger partial charge < -0.3 is 24.3 Å². The second-order valence-corrected chi connectivity index (χ2v) is 3.32. The monoisotopic (exact) mass is 247 g/mol. The van der Waals surface area contributed by atoms with Crippen molar-refractivity contribution in [3.05, 3.63) is 12.7 Å². The molecule has 0 amide bonds. The largest absolute Gasteiger partial charge is 0.382 e. The molecule has 0 heterocycles. The summed E-state index contributed by atoms with van der Waals surface area (Å²) in [5.74, 6) is 0. The number of methoxy groups -OCH3 is 1. The van der Waals surface area contributed by atoms with Gasteiger partial charge in [-0.05, 0) is 0 Å². The summed E-state index contributed by atoms with van der Waals surface area (Å²) in [4.78, 5) is 0. The minimum Gasteiger partial charge on any atom is -0.382 e. The lowest BCUT2D eigenvalue weighted by molar-refractivity contribution is 0.00417. The summed E-state index contributed by atoms with van der Waals surface area (Å²) < 4.78 is 20.7. The number of rotatable bonds is 14. The third-order valence-corrected chi connectivity index (χ3v) is 1.89. The summed E-state index contributed by atoms with van der Waals surface area (Å²) in [5, 5.41) is 3.15. The van der Waals surface area contributed by atoms with Crippen LogP contribution in [0.15, 0.2) is 12.7 Å². The first-order chi connectivity index (χ1) is 8.41. The highest BCUT2D eigenvalue weighted by molar-refractivity contribution is 4.68. The highest BCUT2D eigenvalue weighted by atomic mass is 16.6. The molecule has 102 valence electrons. The van der Waals surface area contributed by atoms with Crippen LogP contribution >= 0.6 is 0 Å². The Labute approximate surface area is 104 Å². The molecule has 0 radical (unpaired) electrons. The van der Waals surface area contributed by atoms with Gasteiger partial charge in [0.25, 0.3) is 0 Å². The van der Waals surface area contributed by atoms with Crippen LogP contribution in [0, 0.1) is 0 Å². The van der Waals surface area contributed by atoms with Gasteiger partial charge in [-0.15, -0.1) is 6.58 Å². The molecule has 0 aliphatic rings. The van der Waals surface area contributed by atoms with Gasteiger partial charge in [0.2, 0.25) is 0 Å². The Morgan fingerprint density at radius 3 is 1.94 bits per heavy atom. The first-order valence-electron chi connectivity index (χ1n) is 5.95. The Bertz CT molecular complexity index is 155. The van der Waals surface area contributed by atoms with E-state index in [9.17, 15) is 0 Å². The Kier molecular flexibility index (Phi) is 15.1. The van der Waals surface area contributed by atoms with Crippen LogP contribution in [0.5, 0.6) is 0 Å². The number of hydrogen-bond donors (Lipinski definition) is 1. The molecule has 0 fully saturated rings. The average molecular weight is 247 g/mol. The van der Waals surface area contributed by atoms with Gasteiger partial charge in [0, 0.05) is 20.2 Å². The molecule has 1 N–H and O–H groups in total. The summed E-state index contributed by atoms with van der Waals surface area (Å²) >= 11 is 0. The summed E-state index contributed by atoms with van der Waals surface area (Å²) in [6.07, 6.45) is 1.83. The van der Waals surface area contributed by atoms with Crippen LogP contribution in [0.1, 0.15) is 0 Å². The molecule has 0 aromatic heterocycles. The second-order valence-electron chi connectivity index (χ2n) is 3.32. The van der Waals surface area contributed by atoms with Crippen molar-refractivity contribution in [3.63, 3.8) is 0 Å². The Morgan fingerprint density at radius 1 is 0.882 bits per heavy atom. The van der Waals surface area contributed by atoms with E-state index in [1.165, 1.54) is 0 Å². The van der Waals surface area contributed by atoms with E-state index in [0.29, 0.717) is 46.2 Å². The lowest BCUT2D eigenvalue weighted by atomic mass is 10.6. The smallest absolute Gasteiger partial charge is 0.0701 e. The van der Waals surface area contributed by atoms with Gasteiger partial charge in [-0.25, -0.2) is 0 Å². The standard InChI is InChI=1S/C12H25NO4/c1-3-4-13-5-6-15-9-10-17-12-11-16-8-7-14-2/h3,13H,1,4-12H2,2H3. The minimum absolute atomic E-state index is 0.599. The van der Waals surface area contributed by atoms with Gasteiger partial charge in [0.05, 0.1) is 46.2 Å². The molecular weight excluding hydrogens is 222 g/mol. The second kappa shape index (κ2) is 15.5. The van der Waals surface area contributed by atoms with E-state index >= 15 is 0 Å². The first kappa shape index (κ1) is 16.5. The normalized spacial score (nSPS) is 10.6. The molecule has 0 aliphatic carbocycles. The van der Waals surface area contributed by atoms with Crippen LogP contribution in [0.25, 0.3) is 0 Å². The van der Waals surface area contributed by atoms with E-state index in [1.54, 1.807) is 7.11 Å². The van der Waals surface area contributed by atoms with Crippen molar-refractivity contribution in [1.82, 2.24) is 5.32 Å². The van der Waals surface area contributed by atoms with Crippen molar-refractivity contribution >= 4 is 0 Å². The van der Waals surface area contributed by atoms with Crippen molar-refractivity contribution < 1.29 is 18.9 Å². The van der Waals surface area contributed by atoms with Crippen LogP contribution in [0.3, 0.4) is 0 Å². The molecule has 0 spiro atoms. The van der Waals surface area contributed by atoms with E-state index in [0.717, 1.165) is 13.1 Å². The summed E-state index contributed by atoms with van der Waals surface area (Å²) in [5.41, 5.74) is 0. The van der Waals surface area contributed by atoms with Gasteiger partial charge in [-0.1, -0.05) is 6.08 Å². The zero-order chi connectivity index (χ0) is 12.6. The lowest BCUT2D eigenvalue weighted by Crippen LogP contribution is -2.20. The van der Waals surface area contributed by atoms with Crippen LogP contribution in [0.4, 0.5) is 0 Å². The van der Waals surface area contributed by atoms with E-state index in [-0.39, 0.29) is 0 Å². The molecule has 0 aliphatic heterocycles. The van der Waals surface area contributed by atoms with Crippen LogP contribution in [-0.2, 0) is 18.9 Å². The van der Waals surface area contributed by atoms with Gasteiger partial charge in [-0.2, -0.15) is 0 Å². The van der Waals surface area contributed by atoms with Gasteiger partial charge >= 0.3 is 0 Å². The third-order valence-electron chi connectivity index (χ3n) is 1.89. The topological polar surface area (TPSA) is 49.0 Å². The quantitative estimate of drug-likeness (QED) is 0.357. The molecule has 5 heteroatoms. The van der Waals surface area contributed by atoms with Crippen LogP contribution in [0.2, 0.25) is 0 Å². The third kappa shape index (κ3) is 15.5. The van der Waals surface area contributed by atoms with Crippen LogP contribution in [-0.4, -0.2) is 66.4 Å². The molecule has 0 unspecified atom stereocenters. The SMILES string of the molecule is C=CCNCCOCCOCCOCCOC. The maximum Gasteiger partial charge on any atom is 0.0701 e. The lowest BCUT2D eigenvalue weighted by Gasteiger charge is -2.06. The Morgan fingerprint density at radius 2 is 1.41 bits per heavy atom. The molecule has 0 aromatic carbocycles. The molecule has 17 heavy (non-hydrogen) atoms. The minimum atomic E-state index is 0.599. The fourth-order valence-electron chi connectivity index (χ4n) is 1.03. The summed E-state index contributed by atoms with van der Waals surface area (Å²) in [6, 6.07) is 0. The predicted molar refractivity (Wildman–Crippen MR) is 67.4 cm³/mol. The average Bonchev–Trinajstić information content (AvgIpc) is 2.35.